The summed E-state index contributed by atoms with van der Waals surface area (Å²) in [7, 11) is 3.70. The Kier molecular flexibility index (Phi) is 8.10. The number of likely N-dealkylation sites (tertiary alicyclic amines) is 1. The van der Waals surface area contributed by atoms with Gasteiger partial charge in [-0.05, 0) is 60.2 Å². The van der Waals surface area contributed by atoms with E-state index >= 15 is 0 Å². The number of hydrogen-bond donors (Lipinski definition) is 0. The van der Waals surface area contributed by atoms with Gasteiger partial charge in [-0.1, -0.05) is 30.3 Å². The second-order valence-electron chi connectivity index (χ2n) is 9.11. The molecule has 1 aromatic heterocycles. The molecule has 1 aliphatic heterocycles. The molecular formula is C25H26F6N4OS. The van der Waals surface area contributed by atoms with Gasteiger partial charge >= 0.3 is 12.4 Å². The van der Waals surface area contributed by atoms with Gasteiger partial charge in [-0.25, -0.2) is 4.98 Å². The predicted octanol–water partition coefficient (Wildman–Crippen LogP) is 6.56. The van der Waals surface area contributed by atoms with Gasteiger partial charge in [0.05, 0.1) is 36.4 Å². The van der Waals surface area contributed by atoms with E-state index in [1.54, 1.807) is 4.90 Å². The van der Waals surface area contributed by atoms with E-state index in [-0.39, 0.29) is 24.3 Å². The predicted molar refractivity (Wildman–Crippen MR) is 128 cm³/mol. The van der Waals surface area contributed by atoms with Crippen LogP contribution in [0.2, 0.25) is 0 Å². The van der Waals surface area contributed by atoms with E-state index in [2.05, 4.69) is 14.3 Å². The van der Waals surface area contributed by atoms with Crippen molar-refractivity contribution in [2.75, 3.05) is 25.5 Å². The van der Waals surface area contributed by atoms with Crippen molar-refractivity contribution in [1.82, 2.24) is 14.3 Å². The monoisotopic (exact) mass is 544 g/mol. The Morgan fingerprint density at radius 1 is 1.00 bits per heavy atom. The van der Waals surface area contributed by atoms with E-state index in [4.69, 9.17) is 4.74 Å². The van der Waals surface area contributed by atoms with Crippen LogP contribution in [-0.2, 0) is 30.2 Å². The highest BCUT2D eigenvalue weighted by molar-refractivity contribution is 7.05. The van der Waals surface area contributed by atoms with E-state index in [9.17, 15) is 26.3 Å². The molecule has 2 heterocycles. The molecule has 0 spiro atoms. The first kappa shape index (κ1) is 27.3. The van der Waals surface area contributed by atoms with Crippen molar-refractivity contribution in [3.05, 3.63) is 75.8 Å². The number of piperidine rings is 1. The topological polar surface area (TPSA) is 41.5 Å². The number of anilines is 1. The summed E-state index contributed by atoms with van der Waals surface area (Å²) in [6.45, 7) is 0.850. The third-order valence-electron chi connectivity index (χ3n) is 6.13. The van der Waals surface area contributed by atoms with Crippen LogP contribution in [-0.4, -0.2) is 41.0 Å². The fourth-order valence-electron chi connectivity index (χ4n) is 4.43. The van der Waals surface area contributed by atoms with Crippen LogP contribution in [0.1, 0.15) is 46.1 Å². The molecule has 12 heteroatoms. The maximum absolute atomic E-state index is 13.3. The SMILES string of the molecule is CN(C)c1nsc(CN2CCCC(OCc3cc(C(F)(F)F)cc(C(F)(F)F)c3)C2c2ccccc2)n1. The van der Waals surface area contributed by atoms with E-state index in [1.165, 1.54) is 11.5 Å². The zero-order valence-corrected chi connectivity index (χ0v) is 21.0. The molecule has 0 aliphatic carbocycles. The summed E-state index contributed by atoms with van der Waals surface area (Å²) in [5.41, 5.74) is -1.92. The zero-order valence-electron chi connectivity index (χ0n) is 20.2. The van der Waals surface area contributed by atoms with Crippen molar-refractivity contribution in [2.45, 2.75) is 50.5 Å². The van der Waals surface area contributed by atoms with Crippen LogP contribution < -0.4 is 4.90 Å². The molecule has 2 aromatic carbocycles. The number of ether oxygens (including phenoxy) is 1. The Bertz CT molecular complexity index is 1150. The summed E-state index contributed by atoms with van der Waals surface area (Å²) in [5.74, 6) is 0.603. The second kappa shape index (κ2) is 11.0. The van der Waals surface area contributed by atoms with E-state index in [0.717, 1.165) is 35.7 Å². The van der Waals surface area contributed by atoms with Gasteiger partial charge in [0.1, 0.15) is 5.01 Å². The normalized spacial score (nSPS) is 19.2. The van der Waals surface area contributed by atoms with Gasteiger partial charge in [0.2, 0.25) is 5.95 Å². The van der Waals surface area contributed by atoms with E-state index < -0.39 is 29.6 Å². The molecule has 4 rings (SSSR count). The quantitative estimate of drug-likeness (QED) is 0.315. The average Bonchev–Trinajstić information content (AvgIpc) is 3.31. The molecular weight excluding hydrogens is 518 g/mol. The molecule has 0 N–H and O–H groups in total. The van der Waals surface area contributed by atoms with Gasteiger partial charge < -0.3 is 9.64 Å². The highest BCUT2D eigenvalue weighted by Gasteiger charge is 2.38. The lowest BCUT2D eigenvalue weighted by Crippen LogP contribution is -2.42. The molecule has 1 saturated heterocycles. The summed E-state index contributed by atoms with van der Waals surface area (Å²) < 4.78 is 90.2. The van der Waals surface area contributed by atoms with Crippen molar-refractivity contribution >= 4 is 17.5 Å². The largest absolute Gasteiger partial charge is 0.416 e. The lowest BCUT2D eigenvalue weighted by Gasteiger charge is -2.41. The van der Waals surface area contributed by atoms with Gasteiger partial charge in [0.25, 0.3) is 0 Å². The molecule has 37 heavy (non-hydrogen) atoms. The van der Waals surface area contributed by atoms with Gasteiger partial charge in [-0.3, -0.25) is 4.90 Å². The maximum Gasteiger partial charge on any atom is 0.416 e. The smallest absolute Gasteiger partial charge is 0.372 e. The standard InChI is InChI=1S/C25H26F6N4OS/c1-34(2)23-32-21(37-33-23)14-35-10-6-9-20(22(35)17-7-4-3-5-8-17)36-15-16-11-18(24(26,27)28)13-19(12-16)25(29,30)31/h3-5,7-8,11-13,20,22H,6,9-10,14-15H2,1-2H3. The minimum atomic E-state index is -4.91. The molecule has 2 unspecified atom stereocenters. The fourth-order valence-corrected chi connectivity index (χ4v) is 5.16. The van der Waals surface area contributed by atoms with Gasteiger partial charge in [0, 0.05) is 14.1 Å². The van der Waals surface area contributed by atoms with Crippen molar-refractivity contribution in [3.63, 3.8) is 0 Å². The van der Waals surface area contributed by atoms with E-state index in [0.29, 0.717) is 18.9 Å². The molecule has 0 saturated carbocycles. The lowest BCUT2D eigenvalue weighted by atomic mass is 9.92. The third kappa shape index (κ3) is 6.79. The van der Waals surface area contributed by atoms with Crippen LogP contribution in [0.3, 0.4) is 0 Å². The summed E-state index contributed by atoms with van der Waals surface area (Å²) in [6.07, 6.45) is -8.89. The first-order chi connectivity index (χ1) is 17.4. The molecule has 0 bridgehead atoms. The molecule has 200 valence electrons. The van der Waals surface area contributed by atoms with Crippen molar-refractivity contribution in [1.29, 1.82) is 0 Å². The van der Waals surface area contributed by atoms with Crippen LogP contribution >= 0.6 is 11.5 Å². The third-order valence-corrected chi connectivity index (χ3v) is 6.81. The number of rotatable bonds is 7. The summed E-state index contributed by atoms with van der Waals surface area (Å²) >= 11 is 1.29. The Hall–Kier alpha value is -2.70. The van der Waals surface area contributed by atoms with Crippen LogP contribution in [0.15, 0.2) is 48.5 Å². The molecule has 3 aromatic rings. The van der Waals surface area contributed by atoms with Crippen LogP contribution in [0, 0.1) is 0 Å². The number of aromatic nitrogens is 2. The van der Waals surface area contributed by atoms with Crippen LogP contribution in [0.4, 0.5) is 32.3 Å². The molecule has 0 radical (unpaired) electrons. The fraction of sp³-hybridized carbons (Fsp3) is 0.440. The Morgan fingerprint density at radius 3 is 2.22 bits per heavy atom. The maximum atomic E-state index is 13.3. The van der Waals surface area contributed by atoms with Gasteiger partial charge in [-0.2, -0.15) is 30.7 Å². The lowest BCUT2D eigenvalue weighted by molar-refractivity contribution is -0.143. The summed E-state index contributed by atoms with van der Waals surface area (Å²) in [5, 5.41) is 0.804. The zero-order chi connectivity index (χ0) is 26.8. The first-order valence-corrected chi connectivity index (χ1v) is 12.4. The van der Waals surface area contributed by atoms with Gasteiger partial charge in [0.15, 0.2) is 0 Å². The van der Waals surface area contributed by atoms with Crippen LogP contribution in [0.25, 0.3) is 0 Å². The minimum absolute atomic E-state index is 0.128. The summed E-state index contributed by atoms with van der Waals surface area (Å²) in [6, 6.07) is 10.8. The highest BCUT2D eigenvalue weighted by Crippen LogP contribution is 2.38. The minimum Gasteiger partial charge on any atom is -0.372 e. The Morgan fingerprint density at radius 2 is 1.65 bits per heavy atom. The number of hydrogen-bond acceptors (Lipinski definition) is 6. The number of alkyl halides is 6. The Labute approximate surface area is 214 Å². The molecule has 2 atom stereocenters. The highest BCUT2D eigenvalue weighted by atomic mass is 32.1. The Balaban J connectivity index is 1.59. The first-order valence-electron chi connectivity index (χ1n) is 11.6. The summed E-state index contributed by atoms with van der Waals surface area (Å²) in [4.78, 5) is 8.54. The molecule has 5 nitrogen and oxygen atoms in total. The van der Waals surface area contributed by atoms with Crippen LogP contribution in [0.5, 0.6) is 0 Å². The molecule has 0 amide bonds. The van der Waals surface area contributed by atoms with E-state index in [1.807, 2.05) is 44.4 Å². The number of benzene rings is 2. The van der Waals surface area contributed by atoms with Crippen molar-refractivity contribution in [3.8, 4) is 0 Å². The molecule has 1 aliphatic rings. The van der Waals surface area contributed by atoms with Crippen molar-refractivity contribution < 1.29 is 31.1 Å². The van der Waals surface area contributed by atoms with Crippen molar-refractivity contribution in [2.24, 2.45) is 0 Å². The number of halogens is 6. The number of nitrogens with zero attached hydrogens (tertiary/aromatic N) is 4. The second-order valence-corrected chi connectivity index (χ2v) is 9.95. The van der Waals surface area contributed by atoms with Gasteiger partial charge in [-0.15, -0.1) is 0 Å². The molecule has 1 fully saturated rings. The average molecular weight is 545 g/mol.